The molecule has 0 aliphatic heterocycles. The highest BCUT2D eigenvalue weighted by Gasteiger charge is 2.07. The van der Waals surface area contributed by atoms with Crippen LogP contribution in [-0.4, -0.2) is 10.9 Å². The zero-order valence-electron chi connectivity index (χ0n) is 9.36. The van der Waals surface area contributed by atoms with Crippen LogP contribution >= 0.6 is 15.9 Å². The third-order valence-corrected chi connectivity index (χ3v) is 2.91. The van der Waals surface area contributed by atoms with Gasteiger partial charge in [-0.3, -0.25) is 4.79 Å². The number of hydrogen-bond donors (Lipinski definition) is 1. The van der Waals surface area contributed by atoms with Gasteiger partial charge >= 0.3 is 0 Å². The number of rotatable bonds is 3. The van der Waals surface area contributed by atoms with Crippen molar-refractivity contribution in [2.75, 3.05) is 5.32 Å². The summed E-state index contributed by atoms with van der Waals surface area (Å²) in [5.74, 6) is -0.127. The van der Waals surface area contributed by atoms with Crippen LogP contribution in [0.15, 0.2) is 47.1 Å². The summed E-state index contributed by atoms with van der Waals surface area (Å²) in [6.07, 6.45) is 1.70. The van der Waals surface area contributed by atoms with Gasteiger partial charge in [-0.2, -0.15) is 0 Å². The number of anilines is 1. The van der Waals surface area contributed by atoms with E-state index in [1.165, 1.54) is 12.1 Å². The van der Waals surface area contributed by atoms with Crippen molar-refractivity contribution in [1.29, 1.82) is 0 Å². The van der Waals surface area contributed by atoms with Crippen LogP contribution in [0.3, 0.4) is 0 Å². The zero-order valence-corrected chi connectivity index (χ0v) is 10.9. The molecule has 0 atom stereocenters. The molecule has 2 aromatic rings. The van der Waals surface area contributed by atoms with Crippen LogP contribution in [-0.2, 0) is 11.2 Å². The van der Waals surface area contributed by atoms with Crippen molar-refractivity contribution in [2.24, 2.45) is 0 Å². The third kappa shape index (κ3) is 3.37. The molecule has 1 amide bonds. The molecule has 1 N–H and O–H groups in total. The SMILES string of the molecule is O=C(Cc1cccc(F)c1)Nc1ncccc1Br. The fourth-order valence-corrected chi connectivity index (χ4v) is 1.84. The second-order valence-electron chi connectivity index (χ2n) is 3.69. The van der Waals surface area contributed by atoms with E-state index in [1.807, 2.05) is 0 Å². The minimum Gasteiger partial charge on any atom is -0.309 e. The summed E-state index contributed by atoms with van der Waals surface area (Å²) in [4.78, 5) is 15.8. The van der Waals surface area contributed by atoms with Crippen molar-refractivity contribution in [3.63, 3.8) is 0 Å². The molecule has 0 saturated carbocycles. The predicted octanol–water partition coefficient (Wildman–Crippen LogP) is 3.16. The number of hydrogen-bond acceptors (Lipinski definition) is 2. The molecule has 2 rings (SSSR count). The normalized spacial score (nSPS) is 10.1. The Kier molecular flexibility index (Phi) is 4.04. The Hall–Kier alpha value is -1.75. The quantitative estimate of drug-likeness (QED) is 0.946. The largest absolute Gasteiger partial charge is 0.309 e. The summed E-state index contributed by atoms with van der Waals surface area (Å²) in [7, 11) is 0. The van der Waals surface area contributed by atoms with E-state index in [0.717, 1.165) is 0 Å². The standard InChI is InChI=1S/C13H10BrFN2O/c14-11-5-2-6-16-13(11)17-12(18)8-9-3-1-4-10(15)7-9/h1-7H,8H2,(H,16,17,18). The Balaban J connectivity index is 2.03. The van der Waals surface area contributed by atoms with Gasteiger partial charge in [0, 0.05) is 6.20 Å². The van der Waals surface area contributed by atoms with Gasteiger partial charge in [-0.25, -0.2) is 9.37 Å². The third-order valence-electron chi connectivity index (χ3n) is 2.27. The van der Waals surface area contributed by atoms with Crippen molar-refractivity contribution < 1.29 is 9.18 Å². The molecule has 1 aromatic carbocycles. The first-order valence-corrected chi connectivity index (χ1v) is 6.09. The highest BCUT2D eigenvalue weighted by atomic mass is 79.9. The van der Waals surface area contributed by atoms with Gasteiger partial charge in [0.2, 0.25) is 5.91 Å². The van der Waals surface area contributed by atoms with Crippen molar-refractivity contribution in [1.82, 2.24) is 4.98 Å². The Morgan fingerprint density at radius 1 is 1.33 bits per heavy atom. The van der Waals surface area contributed by atoms with E-state index >= 15 is 0 Å². The fraction of sp³-hybridized carbons (Fsp3) is 0.0769. The molecular formula is C13H10BrFN2O. The van der Waals surface area contributed by atoms with E-state index in [9.17, 15) is 9.18 Å². The van der Waals surface area contributed by atoms with Gasteiger partial charge in [0.1, 0.15) is 11.6 Å². The molecule has 0 unspecified atom stereocenters. The summed E-state index contributed by atoms with van der Waals surface area (Å²) in [5.41, 5.74) is 0.625. The molecule has 0 fully saturated rings. The monoisotopic (exact) mass is 308 g/mol. The smallest absolute Gasteiger partial charge is 0.229 e. The van der Waals surface area contributed by atoms with E-state index in [-0.39, 0.29) is 18.1 Å². The van der Waals surface area contributed by atoms with Gasteiger partial charge in [-0.05, 0) is 45.8 Å². The number of aromatic nitrogens is 1. The summed E-state index contributed by atoms with van der Waals surface area (Å²) in [6, 6.07) is 9.51. The van der Waals surface area contributed by atoms with Gasteiger partial charge in [0.25, 0.3) is 0 Å². The van der Waals surface area contributed by atoms with Crippen LogP contribution in [0, 0.1) is 5.82 Å². The highest BCUT2D eigenvalue weighted by Crippen LogP contribution is 2.18. The lowest BCUT2D eigenvalue weighted by Gasteiger charge is -2.06. The molecular weight excluding hydrogens is 299 g/mol. The summed E-state index contributed by atoms with van der Waals surface area (Å²) in [5, 5.41) is 2.66. The van der Waals surface area contributed by atoms with Crippen LogP contribution in [0.2, 0.25) is 0 Å². The second-order valence-corrected chi connectivity index (χ2v) is 4.54. The fourth-order valence-electron chi connectivity index (χ4n) is 1.49. The first-order chi connectivity index (χ1) is 8.65. The molecule has 0 saturated heterocycles. The van der Waals surface area contributed by atoms with E-state index < -0.39 is 0 Å². The predicted molar refractivity (Wildman–Crippen MR) is 70.7 cm³/mol. The minimum atomic E-state index is -0.348. The molecule has 18 heavy (non-hydrogen) atoms. The molecule has 3 nitrogen and oxygen atoms in total. The summed E-state index contributed by atoms with van der Waals surface area (Å²) >= 11 is 3.28. The van der Waals surface area contributed by atoms with Gasteiger partial charge in [0.05, 0.1) is 10.9 Å². The van der Waals surface area contributed by atoms with Crippen LogP contribution in [0.1, 0.15) is 5.56 Å². The maximum absolute atomic E-state index is 13.0. The maximum atomic E-state index is 13.0. The van der Waals surface area contributed by atoms with E-state index in [4.69, 9.17) is 0 Å². The average Bonchev–Trinajstić information content (AvgIpc) is 2.32. The number of carbonyl (C=O) groups is 1. The van der Waals surface area contributed by atoms with E-state index in [0.29, 0.717) is 15.9 Å². The van der Waals surface area contributed by atoms with Crippen molar-refractivity contribution >= 4 is 27.7 Å². The molecule has 0 radical (unpaired) electrons. The number of nitrogens with one attached hydrogen (secondary N) is 1. The van der Waals surface area contributed by atoms with E-state index in [2.05, 4.69) is 26.2 Å². The molecule has 0 bridgehead atoms. The molecule has 0 spiro atoms. The van der Waals surface area contributed by atoms with Gasteiger partial charge in [0.15, 0.2) is 0 Å². The maximum Gasteiger partial charge on any atom is 0.229 e. The number of nitrogens with zero attached hydrogens (tertiary/aromatic N) is 1. The van der Waals surface area contributed by atoms with Crippen LogP contribution in [0.5, 0.6) is 0 Å². The lowest BCUT2D eigenvalue weighted by atomic mass is 10.1. The van der Waals surface area contributed by atoms with Crippen LogP contribution in [0.25, 0.3) is 0 Å². The number of halogens is 2. The Labute approximate surface area is 112 Å². The summed E-state index contributed by atoms with van der Waals surface area (Å²) in [6.45, 7) is 0. The number of amides is 1. The van der Waals surface area contributed by atoms with Gasteiger partial charge < -0.3 is 5.32 Å². The summed E-state index contributed by atoms with van der Waals surface area (Å²) < 4.78 is 13.7. The zero-order chi connectivity index (χ0) is 13.0. The topological polar surface area (TPSA) is 42.0 Å². The molecule has 92 valence electrons. The lowest BCUT2D eigenvalue weighted by molar-refractivity contribution is -0.115. The van der Waals surface area contributed by atoms with Crippen LogP contribution < -0.4 is 5.32 Å². The number of pyridine rings is 1. The van der Waals surface area contributed by atoms with Gasteiger partial charge in [-0.15, -0.1) is 0 Å². The first kappa shape index (κ1) is 12.7. The second kappa shape index (κ2) is 5.73. The minimum absolute atomic E-state index is 0.112. The van der Waals surface area contributed by atoms with E-state index in [1.54, 1.807) is 30.5 Å². The Bertz CT molecular complexity index is 574. The highest BCUT2D eigenvalue weighted by molar-refractivity contribution is 9.10. The Morgan fingerprint density at radius 2 is 2.17 bits per heavy atom. The van der Waals surface area contributed by atoms with Crippen LogP contribution in [0.4, 0.5) is 10.2 Å². The Morgan fingerprint density at radius 3 is 2.89 bits per heavy atom. The first-order valence-electron chi connectivity index (χ1n) is 5.30. The molecule has 0 aliphatic rings. The van der Waals surface area contributed by atoms with Crippen molar-refractivity contribution in [3.05, 3.63) is 58.4 Å². The molecule has 1 aromatic heterocycles. The van der Waals surface area contributed by atoms with Crippen molar-refractivity contribution in [2.45, 2.75) is 6.42 Å². The average molecular weight is 309 g/mol. The number of benzene rings is 1. The molecule has 5 heteroatoms. The van der Waals surface area contributed by atoms with Gasteiger partial charge in [-0.1, -0.05) is 12.1 Å². The molecule has 1 heterocycles. The number of carbonyl (C=O) groups excluding carboxylic acids is 1. The molecule has 0 aliphatic carbocycles. The van der Waals surface area contributed by atoms with Crippen molar-refractivity contribution in [3.8, 4) is 0 Å². The lowest BCUT2D eigenvalue weighted by Crippen LogP contribution is -2.15.